The molecule has 2 aromatic rings. The molecule has 0 aliphatic heterocycles. The van der Waals surface area contributed by atoms with Crippen molar-refractivity contribution < 1.29 is 8.78 Å². The van der Waals surface area contributed by atoms with Gasteiger partial charge in [0.2, 0.25) is 5.92 Å². The molecule has 1 aliphatic rings. The fraction of sp³-hybridized carbons (Fsp3) is 0.750. The van der Waals surface area contributed by atoms with Crippen LogP contribution in [0.3, 0.4) is 0 Å². The SMILES string of the molecule is CNC(CCCCC(C)(F)F)c1cn2nc(C)c(C3CCCCC3)nc2n1. The summed E-state index contributed by atoms with van der Waals surface area (Å²) in [6.45, 7) is 3.00. The largest absolute Gasteiger partial charge is 0.312 e. The van der Waals surface area contributed by atoms with Crippen LogP contribution in [-0.2, 0) is 0 Å². The summed E-state index contributed by atoms with van der Waals surface area (Å²) in [5.74, 6) is -1.46. The monoisotopic (exact) mass is 379 g/mol. The Labute approximate surface area is 160 Å². The first kappa shape index (κ1) is 20.1. The maximum atomic E-state index is 13.0. The number of aryl methyl sites for hydroxylation is 1. The lowest BCUT2D eigenvalue weighted by molar-refractivity contribution is 0.0102. The van der Waals surface area contributed by atoms with E-state index in [2.05, 4.69) is 15.4 Å². The van der Waals surface area contributed by atoms with Gasteiger partial charge in [0.05, 0.1) is 29.3 Å². The van der Waals surface area contributed by atoms with E-state index in [0.717, 1.165) is 36.8 Å². The van der Waals surface area contributed by atoms with Gasteiger partial charge < -0.3 is 5.32 Å². The molecule has 2 heterocycles. The first-order chi connectivity index (χ1) is 12.9. The van der Waals surface area contributed by atoms with Gasteiger partial charge in [0, 0.05) is 12.3 Å². The number of fused-ring (bicyclic) bond motifs is 1. The molecule has 1 saturated carbocycles. The summed E-state index contributed by atoms with van der Waals surface area (Å²) in [4.78, 5) is 9.51. The summed E-state index contributed by atoms with van der Waals surface area (Å²) in [5, 5.41) is 7.93. The van der Waals surface area contributed by atoms with E-state index in [1.54, 1.807) is 4.52 Å². The van der Waals surface area contributed by atoms with E-state index in [1.807, 2.05) is 20.2 Å². The second kappa shape index (κ2) is 8.59. The Balaban J connectivity index is 1.72. The topological polar surface area (TPSA) is 55.1 Å². The van der Waals surface area contributed by atoms with Crippen LogP contribution in [0.15, 0.2) is 6.20 Å². The zero-order valence-corrected chi connectivity index (χ0v) is 16.6. The molecule has 27 heavy (non-hydrogen) atoms. The van der Waals surface area contributed by atoms with Gasteiger partial charge in [-0.25, -0.2) is 23.3 Å². The van der Waals surface area contributed by atoms with Gasteiger partial charge in [0.1, 0.15) is 0 Å². The summed E-state index contributed by atoms with van der Waals surface area (Å²) < 4.78 is 27.7. The van der Waals surface area contributed by atoms with Gasteiger partial charge in [-0.15, -0.1) is 0 Å². The minimum absolute atomic E-state index is 0.0254. The van der Waals surface area contributed by atoms with Crippen molar-refractivity contribution in [3.05, 3.63) is 23.3 Å². The Morgan fingerprint density at radius 2 is 1.96 bits per heavy atom. The standard InChI is InChI=1S/C20H31F2N5/c1-14-18(15-9-5-4-6-10-15)25-19-24-17(13-27(19)26-14)16(23-3)11-7-8-12-20(2,21)22/h13,15-16,23H,4-12H2,1-3H3. The smallest absolute Gasteiger partial charge is 0.251 e. The number of imidazole rings is 1. The molecule has 1 atom stereocenters. The lowest BCUT2D eigenvalue weighted by Crippen LogP contribution is -2.17. The van der Waals surface area contributed by atoms with E-state index in [1.165, 1.54) is 32.1 Å². The Hall–Kier alpha value is -1.63. The molecule has 2 aromatic heterocycles. The number of nitrogens with one attached hydrogen (secondary N) is 1. The van der Waals surface area contributed by atoms with Crippen molar-refractivity contribution in [2.24, 2.45) is 0 Å². The molecule has 0 saturated heterocycles. The van der Waals surface area contributed by atoms with Gasteiger partial charge in [-0.1, -0.05) is 25.7 Å². The summed E-state index contributed by atoms with van der Waals surface area (Å²) in [7, 11) is 1.88. The van der Waals surface area contributed by atoms with Crippen molar-refractivity contribution in [3.63, 3.8) is 0 Å². The molecule has 1 fully saturated rings. The van der Waals surface area contributed by atoms with Crippen LogP contribution in [0.25, 0.3) is 5.78 Å². The van der Waals surface area contributed by atoms with Gasteiger partial charge in [-0.3, -0.25) is 0 Å². The first-order valence-electron chi connectivity index (χ1n) is 10.2. The molecule has 0 bridgehead atoms. The summed E-state index contributed by atoms with van der Waals surface area (Å²) in [5.41, 5.74) is 2.94. The van der Waals surface area contributed by atoms with Gasteiger partial charge in [-0.2, -0.15) is 5.10 Å². The molecule has 5 nitrogen and oxygen atoms in total. The van der Waals surface area contributed by atoms with Crippen LogP contribution in [0.1, 0.15) is 93.8 Å². The van der Waals surface area contributed by atoms with Gasteiger partial charge in [0.15, 0.2) is 0 Å². The van der Waals surface area contributed by atoms with Crippen LogP contribution in [0.5, 0.6) is 0 Å². The number of alkyl halides is 2. The number of aromatic nitrogens is 4. The zero-order chi connectivity index (χ0) is 19.4. The molecule has 1 aliphatic carbocycles. The quantitative estimate of drug-likeness (QED) is 0.659. The Morgan fingerprint density at radius 3 is 2.63 bits per heavy atom. The van der Waals surface area contributed by atoms with Crippen LogP contribution < -0.4 is 5.32 Å². The third-order valence-electron chi connectivity index (χ3n) is 5.59. The van der Waals surface area contributed by atoms with Crippen LogP contribution >= 0.6 is 0 Å². The van der Waals surface area contributed by atoms with Crippen molar-refractivity contribution in [3.8, 4) is 0 Å². The summed E-state index contributed by atoms with van der Waals surface area (Å²) in [6, 6.07) is 0.0254. The molecular formula is C20H31F2N5. The predicted octanol–water partition coefficient (Wildman–Crippen LogP) is 4.96. The van der Waals surface area contributed by atoms with Crippen LogP contribution in [0.2, 0.25) is 0 Å². The molecule has 0 aromatic carbocycles. The van der Waals surface area contributed by atoms with Crippen molar-refractivity contribution in [2.75, 3.05) is 7.05 Å². The highest BCUT2D eigenvalue weighted by molar-refractivity contribution is 5.33. The van der Waals surface area contributed by atoms with Crippen LogP contribution in [0, 0.1) is 6.92 Å². The predicted molar refractivity (Wildman–Crippen MR) is 102 cm³/mol. The lowest BCUT2D eigenvalue weighted by Gasteiger charge is -2.21. The van der Waals surface area contributed by atoms with Crippen molar-refractivity contribution >= 4 is 5.78 Å². The normalized spacial score (nSPS) is 17.5. The number of hydrogen-bond acceptors (Lipinski definition) is 4. The molecule has 0 spiro atoms. The average Bonchev–Trinajstić information content (AvgIpc) is 3.03. The van der Waals surface area contributed by atoms with E-state index in [-0.39, 0.29) is 12.5 Å². The van der Waals surface area contributed by atoms with Crippen molar-refractivity contribution in [1.29, 1.82) is 0 Å². The van der Waals surface area contributed by atoms with Gasteiger partial charge >= 0.3 is 0 Å². The molecule has 150 valence electrons. The minimum Gasteiger partial charge on any atom is -0.312 e. The second-order valence-corrected chi connectivity index (χ2v) is 7.98. The molecule has 1 unspecified atom stereocenters. The van der Waals surface area contributed by atoms with E-state index in [4.69, 9.17) is 4.98 Å². The molecule has 1 N–H and O–H groups in total. The Kier molecular flexibility index (Phi) is 6.40. The van der Waals surface area contributed by atoms with E-state index in [9.17, 15) is 8.78 Å². The molecule has 0 amide bonds. The van der Waals surface area contributed by atoms with Gasteiger partial charge in [0.25, 0.3) is 5.78 Å². The number of nitrogens with zero attached hydrogens (tertiary/aromatic N) is 4. The molecule has 7 heteroatoms. The van der Waals surface area contributed by atoms with Crippen molar-refractivity contribution in [2.45, 2.75) is 89.5 Å². The van der Waals surface area contributed by atoms with Crippen molar-refractivity contribution in [1.82, 2.24) is 24.9 Å². The second-order valence-electron chi connectivity index (χ2n) is 7.98. The van der Waals surface area contributed by atoms with E-state index < -0.39 is 5.92 Å². The minimum atomic E-state index is -2.58. The lowest BCUT2D eigenvalue weighted by atomic mass is 9.86. The first-order valence-corrected chi connectivity index (χ1v) is 10.2. The van der Waals surface area contributed by atoms with Crippen LogP contribution in [-0.4, -0.2) is 32.6 Å². The average molecular weight is 379 g/mol. The highest BCUT2D eigenvalue weighted by Gasteiger charge is 2.23. The maximum Gasteiger partial charge on any atom is 0.251 e. The van der Waals surface area contributed by atoms with E-state index in [0.29, 0.717) is 18.1 Å². The van der Waals surface area contributed by atoms with E-state index >= 15 is 0 Å². The number of halogens is 2. The summed E-state index contributed by atoms with van der Waals surface area (Å²) >= 11 is 0. The maximum absolute atomic E-state index is 13.0. The molecule has 0 radical (unpaired) electrons. The fourth-order valence-corrected chi connectivity index (χ4v) is 4.08. The number of hydrogen-bond donors (Lipinski definition) is 1. The molecule has 3 rings (SSSR count). The van der Waals surface area contributed by atoms with Crippen LogP contribution in [0.4, 0.5) is 8.78 Å². The fourth-order valence-electron chi connectivity index (χ4n) is 4.08. The highest BCUT2D eigenvalue weighted by atomic mass is 19.3. The molecular weight excluding hydrogens is 348 g/mol. The number of unbranched alkanes of at least 4 members (excludes halogenated alkanes) is 1. The Morgan fingerprint density at radius 1 is 1.22 bits per heavy atom. The Bertz CT molecular complexity index is 747. The summed E-state index contributed by atoms with van der Waals surface area (Å²) in [6.07, 6.45) is 10.0. The third-order valence-corrected chi connectivity index (χ3v) is 5.59. The third kappa shape index (κ3) is 5.21. The number of rotatable bonds is 8. The highest BCUT2D eigenvalue weighted by Crippen LogP contribution is 2.33. The zero-order valence-electron chi connectivity index (χ0n) is 16.6. The van der Waals surface area contributed by atoms with Gasteiger partial charge in [-0.05, 0) is 46.6 Å².